The number of hydrogen-bond donors (Lipinski definition) is 1. The van der Waals surface area contributed by atoms with Crippen LogP contribution in [-0.4, -0.2) is 15.6 Å². The van der Waals surface area contributed by atoms with E-state index in [-0.39, 0.29) is 18.2 Å². The highest BCUT2D eigenvalue weighted by Gasteiger charge is 2.33. The largest absolute Gasteiger partial charge is 0.481 e. The molecule has 3 aromatic carbocycles. The smallest absolute Gasteiger partial charge is 0.304 e. The van der Waals surface area contributed by atoms with Crippen LogP contribution in [0.1, 0.15) is 31.4 Å². The van der Waals surface area contributed by atoms with Crippen molar-refractivity contribution >= 4 is 51.0 Å². The summed E-state index contributed by atoms with van der Waals surface area (Å²) in [4.78, 5) is 13.6. The van der Waals surface area contributed by atoms with Gasteiger partial charge in [0.15, 0.2) is 0 Å². The Morgan fingerprint density at radius 2 is 1.97 bits per heavy atom. The van der Waals surface area contributed by atoms with Crippen molar-refractivity contribution in [1.82, 2.24) is 4.57 Å². The molecule has 0 fully saturated rings. The van der Waals surface area contributed by atoms with E-state index in [2.05, 4.69) is 35.4 Å². The van der Waals surface area contributed by atoms with Crippen LogP contribution in [0, 0.1) is 5.82 Å². The van der Waals surface area contributed by atoms with Crippen LogP contribution >= 0.6 is 23.4 Å². The van der Waals surface area contributed by atoms with E-state index >= 15 is 4.39 Å². The number of carbonyl (C=O) groups is 1. The van der Waals surface area contributed by atoms with Gasteiger partial charge in [-0.2, -0.15) is 0 Å². The molecule has 0 spiro atoms. The minimum Gasteiger partial charge on any atom is -0.481 e. The van der Waals surface area contributed by atoms with Crippen molar-refractivity contribution in [1.29, 1.82) is 0 Å². The number of carboxylic acids is 1. The molecule has 6 heteroatoms. The molecule has 182 valence electrons. The van der Waals surface area contributed by atoms with Crippen LogP contribution in [0.15, 0.2) is 94.2 Å². The summed E-state index contributed by atoms with van der Waals surface area (Å²) in [6, 6.07) is 17.4. The highest BCUT2D eigenvalue weighted by Crippen LogP contribution is 2.49. The minimum absolute atomic E-state index is 0.0389. The third-order valence-electron chi connectivity index (χ3n) is 6.63. The van der Waals surface area contributed by atoms with Gasteiger partial charge in [0.05, 0.1) is 11.9 Å². The number of carboxylic acid groups (broad SMARTS) is 1. The van der Waals surface area contributed by atoms with E-state index in [1.54, 1.807) is 30.0 Å². The molecule has 3 nitrogen and oxygen atoms in total. The fourth-order valence-electron chi connectivity index (χ4n) is 5.07. The summed E-state index contributed by atoms with van der Waals surface area (Å²) in [5.41, 5.74) is 3.48. The minimum atomic E-state index is -0.833. The van der Waals surface area contributed by atoms with E-state index in [0.29, 0.717) is 18.0 Å². The first-order valence-corrected chi connectivity index (χ1v) is 13.0. The molecule has 0 aliphatic carbocycles. The second-order valence-electron chi connectivity index (χ2n) is 8.93. The van der Waals surface area contributed by atoms with Crippen molar-refractivity contribution in [3.8, 4) is 11.1 Å². The molecule has 1 aliphatic heterocycles. The molecule has 1 aromatic heterocycles. The normalized spacial score (nSPS) is 15.8. The van der Waals surface area contributed by atoms with Gasteiger partial charge in [-0.05, 0) is 65.6 Å². The monoisotopic (exact) mass is 517 g/mol. The van der Waals surface area contributed by atoms with Gasteiger partial charge in [-0.3, -0.25) is 4.79 Å². The molecule has 36 heavy (non-hydrogen) atoms. The molecule has 4 aromatic rings. The molecule has 0 saturated heterocycles. The zero-order valence-electron chi connectivity index (χ0n) is 19.8. The van der Waals surface area contributed by atoms with Crippen LogP contribution in [0.5, 0.6) is 0 Å². The van der Waals surface area contributed by atoms with Gasteiger partial charge in [0.2, 0.25) is 0 Å². The Bertz CT molecular complexity index is 1580. The Labute approximate surface area is 218 Å². The summed E-state index contributed by atoms with van der Waals surface area (Å²) in [7, 11) is 0. The van der Waals surface area contributed by atoms with Crippen molar-refractivity contribution in [2.75, 3.05) is 0 Å². The van der Waals surface area contributed by atoms with Crippen molar-refractivity contribution in [2.24, 2.45) is 0 Å². The van der Waals surface area contributed by atoms with E-state index in [1.807, 2.05) is 37.3 Å². The Morgan fingerprint density at radius 3 is 2.69 bits per heavy atom. The lowest BCUT2D eigenvalue weighted by Crippen LogP contribution is -2.04. The number of halogens is 2. The van der Waals surface area contributed by atoms with Crippen LogP contribution in [-0.2, 0) is 11.3 Å². The predicted molar refractivity (Wildman–Crippen MR) is 148 cm³/mol. The van der Waals surface area contributed by atoms with Crippen LogP contribution in [0.2, 0.25) is 0 Å². The Morgan fingerprint density at radius 1 is 1.19 bits per heavy atom. The number of aliphatic carboxylic acids is 1. The molecular weight excluding hydrogens is 493 g/mol. The highest BCUT2D eigenvalue weighted by atomic mass is 35.5. The molecule has 1 atom stereocenters. The van der Waals surface area contributed by atoms with Crippen LogP contribution in [0.4, 0.5) is 4.39 Å². The Kier molecular flexibility index (Phi) is 6.78. The summed E-state index contributed by atoms with van der Waals surface area (Å²) in [6.45, 7) is 6.33. The maximum atomic E-state index is 15.1. The quantitative estimate of drug-likeness (QED) is 0.196. The van der Waals surface area contributed by atoms with Gasteiger partial charge >= 0.3 is 5.97 Å². The fourth-order valence-corrected chi connectivity index (χ4v) is 6.32. The maximum Gasteiger partial charge on any atom is 0.304 e. The van der Waals surface area contributed by atoms with Crippen LogP contribution < -0.4 is 0 Å². The van der Waals surface area contributed by atoms with Gasteiger partial charge in [-0.15, -0.1) is 0 Å². The molecule has 2 heterocycles. The average molecular weight is 518 g/mol. The first-order valence-electron chi connectivity index (χ1n) is 11.8. The summed E-state index contributed by atoms with van der Waals surface area (Å²) in [5, 5.41) is 13.2. The fraction of sp³-hybridized carbons (Fsp3) is 0.167. The lowest BCUT2D eigenvalue weighted by atomic mass is 9.96. The summed E-state index contributed by atoms with van der Waals surface area (Å²) >= 11 is 7.53. The van der Waals surface area contributed by atoms with Gasteiger partial charge in [0, 0.05) is 38.4 Å². The number of benzene rings is 3. The second kappa shape index (κ2) is 10.00. The van der Waals surface area contributed by atoms with Gasteiger partial charge in [0.1, 0.15) is 5.82 Å². The highest BCUT2D eigenvalue weighted by molar-refractivity contribution is 8.03. The number of rotatable bonds is 7. The van der Waals surface area contributed by atoms with E-state index < -0.39 is 5.97 Å². The number of nitrogens with zero attached hydrogens (tertiary/aromatic N) is 1. The molecule has 1 aliphatic rings. The summed E-state index contributed by atoms with van der Waals surface area (Å²) in [5.74, 6) is -1.29. The molecule has 0 bridgehead atoms. The molecule has 1 unspecified atom stereocenters. The number of thioether (sulfide) groups is 1. The maximum absolute atomic E-state index is 15.1. The lowest BCUT2D eigenvalue weighted by Gasteiger charge is -2.13. The van der Waals surface area contributed by atoms with E-state index in [0.717, 1.165) is 48.3 Å². The van der Waals surface area contributed by atoms with Gasteiger partial charge in [-0.1, -0.05) is 72.4 Å². The second-order valence-corrected chi connectivity index (χ2v) is 10.5. The third kappa shape index (κ3) is 4.61. The van der Waals surface area contributed by atoms with E-state index in [1.165, 1.54) is 0 Å². The molecule has 0 amide bonds. The van der Waals surface area contributed by atoms with Crippen molar-refractivity contribution in [3.63, 3.8) is 0 Å². The van der Waals surface area contributed by atoms with Crippen LogP contribution in [0.25, 0.3) is 32.8 Å². The number of allylic oxidation sites excluding steroid dienone is 4. The molecule has 1 N–H and O–H groups in total. The zero-order valence-corrected chi connectivity index (χ0v) is 21.4. The number of fused-ring (bicyclic) bond motifs is 4. The molecule has 0 saturated carbocycles. The van der Waals surface area contributed by atoms with E-state index in [9.17, 15) is 9.90 Å². The first kappa shape index (κ1) is 24.4. The SMILES string of the molecule is C=C(Cl)/C=C\C(=C/C)Sc1c2n(c3cc(F)cc(-c4ccc5ccccc5c4)c13)CCC2CC(=O)O. The number of aromatic nitrogens is 1. The first-order chi connectivity index (χ1) is 17.4. The van der Waals surface area contributed by atoms with Gasteiger partial charge in [0.25, 0.3) is 0 Å². The van der Waals surface area contributed by atoms with Gasteiger partial charge in [-0.25, -0.2) is 4.39 Å². The average Bonchev–Trinajstić information content (AvgIpc) is 3.39. The van der Waals surface area contributed by atoms with Crippen molar-refractivity contribution < 1.29 is 14.3 Å². The van der Waals surface area contributed by atoms with E-state index in [4.69, 9.17) is 11.6 Å². The zero-order chi connectivity index (χ0) is 25.4. The standard InChI is InChI=1S/C30H25ClFNO2S/c1-3-24(11-8-18(2)31)36-30-28-25(21-10-9-19-6-4-5-7-20(19)14-21)16-23(32)17-26(28)33-13-12-22(29(30)33)15-27(34)35/h3-11,14,16-17,22H,2,12-13,15H2,1H3,(H,34,35)/b11-8-,24-3+. The Hall–Kier alpha value is -3.28. The van der Waals surface area contributed by atoms with Crippen LogP contribution in [0.3, 0.4) is 0 Å². The number of hydrogen-bond acceptors (Lipinski definition) is 2. The Balaban J connectivity index is 1.78. The molecule has 5 rings (SSSR count). The van der Waals surface area contributed by atoms with Crippen molar-refractivity contribution in [2.45, 2.75) is 37.1 Å². The van der Waals surface area contributed by atoms with Gasteiger partial charge < -0.3 is 9.67 Å². The summed E-state index contributed by atoms with van der Waals surface area (Å²) < 4.78 is 17.2. The van der Waals surface area contributed by atoms with Crippen molar-refractivity contribution in [3.05, 3.63) is 101 Å². The lowest BCUT2D eigenvalue weighted by molar-refractivity contribution is -0.137. The topological polar surface area (TPSA) is 42.2 Å². The number of aryl methyl sites for hydroxylation is 1. The molecular formula is C30H25ClFNO2S. The predicted octanol–water partition coefficient (Wildman–Crippen LogP) is 8.87. The molecule has 0 radical (unpaired) electrons. The third-order valence-corrected chi connectivity index (χ3v) is 7.98. The summed E-state index contributed by atoms with van der Waals surface area (Å²) in [6.07, 6.45) is 6.37.